The molecule has 2 heterocycles. The Morgan fingerprint density at radius 2 is 2.03 bits per heavy atom. The highest BCUT2D eigenvalue weighted by Crippen LogP contribution is 2.43. The molecule has 0 spiro atoms. The molecule has 0 bridgehead atoms. The molecule has 4 rings (SSSR count). The van der Waals surface area contributed by atoms with Gasteiger partial charge in [0.2, 0.25) is 23.2 Å². The number of rotatable bonds is 4. The van der Waals surface area contributed by atoms with Crippen LogP contribution in [0.1, 0.15) is 31.2 Å². The molecular weight excluding hydrogens is 400 g/mol. The van der Waals surface area contributed by atoms with Gasteiger partial charge in [0.25, 0.3) is 0 Å². The molecule has 8 heteroatoms. The van der Waals surface area contributed by atoms with Crippen LogP contribution in [-0.2, 0) is 4.79 Å². The molecule has 0 unspecified atom stereocenters. The van der Waals surface area contributed by atoms with E-state index < -0.39 is 6.23 Å². The van der Waals surface area contributed by atoms with Gasteiger partial charge in [-0.15, -0.1) is 10.2 Å². The minimum absolute atomic E-state index is 0.148. The molecule has 1 aromatic heterocycles. The molecule has 2 aromatic carbocycles. The van der Waals surface area contributed by atoms with Crippen molar-refractivity contribution >= 4 is 23.4 Å². The molecule has 0 N–H and O–H groups in total. The van der Waals surface area contributed by atoms with Crippen molar-refractivity contribution in [3.8, 4) is 22.9 Å². The molecule has 0 radical (unpaired) electrons. The van der Waals surface area contributed by atoms with Crippen LogP contribution in [-0.4, -0.2) is 34.0 Å². The average molecular weight is 423 g/mol. The van der Waals surface area contributed by atoms with Gasteiger partial charge in [-0.3, -0.25) is 9.69 Å². The number of ether oxygens (including phenoxy) is 2. The summed E-state index contributed by atoms with van der Waals surface area (Å²) in [5, 5.41) is 9.02. The van der Waals surface area contributed by atoms with Gasteiger partial charge in [0, 0.05) is 18.1 Å². The first-order valence-corrected chi connectivity index (χ1v) is 10.8. The fraction of sp³-hybridized carbons (Fsp3) is 0.273. The number of amides is 1. The lowest BCUT2D eigenvalue weighted by atomic mass is 10.1. The molecule has 0 saturated heterocycles. The quantitative estimate of drug-likeness (QED) is 0.576. The van der Waals surface area contributed by atoms with Crippen molar-refractivity contribution < 1.29 is 14.3 Å². The Balaban J connectivity index is 1.91. The second kappa shape index (κ2) is 8.31. The maximum atomic E-state index is 12.8. The predicted molar refractivity (Wildman–Crippen MR) is 116 cm³/mol. The number of benzene rings is 2. The number of thioether (sulfide) groups is 1. The summed E-state index contributed by atoms with van der Waals surface area (Å²) in [5.74, 6) is 1.01. The summed E-state index contributed by atoms with van der Waals surface area (Å²) in [6.07, 6.45) is 1.18. The van der Waals surface area contributed by atoms with Gasteiger partial charge in [-0.1, -0.05) is 30.0 Å². The van der Waals surface area contributed by atoms with Crippen LogP contribution in [0.5, 0.6) is 11.6 Å². The third-order valence-electron chi connectivity index (χ3n) is 4.82. The molecule has 3 aromatic rings. The summed E-state index contributed by atoms with van der Waals surface area (Å²) in [6, 6.07) is 13.4. The summed E-state index contributed by atoms with van der Waals surface area (Å²) < 4.78 is 12.0. The van der Waals surface area contributed by atoms with Gasteiger partial charge in [-0.05, 0) is 49.9 Å². The van der Waals surface area contributed by atoms with Gasteiger partial charge in [0.05, 0.1) is 12.3 Å². The van der Waals surface area contributed by atoms with Crippen molar-refractivity contribution in [3.05, 3.63) is 53.6 Å². The molecule has 1 aliphatic heterocycles. The molecule has 154 valence electrons. The van der Waals surface area contributed by atoms with Crippen molar-refractivity contribution in [1.29, 1.82) is 0 Å². The number of hydrogen-bond donors (Lipinski definition) is 0. The molecule has 0 saturated carbocycles. The molecule has 1 atom stereocenters. The standard InChI is InChI=1S/C22H22N4O3S/c1-5-28-18-11-10-15(12-13(18)2)21-26(14(3)27)17-9-7-6-8-16(17)19-20(29-21)23-22(30-4)25-24-19/h6-12,21H,5H2,1-4H3/t21-/m1/s1. The molecule has 1 aliphatic rings. The fourth-order valence-corrected chi connectivity index (χ4v) is 3.80. The van der Waals surface area contributed by atoms with Crippen molar-refractivity contribution in [1.82, 2.24) is 15.2 Å². The van der Waals surface area contributed by atoms with Gasteiger partial charge in [0.1, 0.15) is 5.75 Å². The fourth-order valence-electron chi connectivity index (χ4n) is 3.50. The van der Waals surface area contributed by atoms with Crippen LogP contribution < -0.4 is 14.4 Å². The molecule has 1 amide bonds. The van der Waals surface area contributed by atoms with E-state index in [2.05, 4.69) is 15.2 Å². The van der Waals surface area contributed by atoms with E-state index in [1.54, 1.807) is 4.90 Å². The van der Waals surface area contributed by atoms with Crippen LogP contribution >= 0.6 is 11.8 Å². The van der Waals surface area contributed by atoms with E-state index in [1.165, 1.54) is 18.7 Å². The minimum Gasteiger partial charge on any atom is -0.494 e. The van der Waals surface area contributed by atoms with Crippen LogP contribution in [0.15, 0.2) is 47.6 Å². The van der Waals surface area contributed by atoms with Gasteiger partial charge in [-0.2, -0.15) is 4.98 Å². The first kappa shape index (κ1) is 20.2. The summed E-state index contributed by atoms with van der Waals surface area (Å²) in [6.45, 7) is 6.03. The van der Waals surface area contributed by atoms with Gasteiger partial charge in [0.15, 0.2) is 5.69 Å². The zero-order valence-electron chi connectivity index (χ0n) is 17.2. The number of aromatic nitrogens is 3. The number of anilines is 1. The minimum atomic E-state index is -0.703. The summed E-state index contributed by atoms with van der Waals surface area (Å²) >= 11 is 1.38. The predicted octanol–water partition coefficient (Wildman–Crippen LogP) is 4.41. The molecule has 0 fully saturated rings. The number of para-hydroxylation sites is 1. The highest BCUT2D eigenvalue weighted by molar-refractivity contribution is 7.98. The first-order valence-electron chi connectivity index (χ1n) is 9.61. The summed E-state index contributed by atoms with van der Waals surface area (Å²) in [4.78, 5) is 19.0. The molecule has 30 heavy (non-hydrogen) atoms. The Morgan fingerprint density at radius 3 is 2.73 bits per heavy atom. The van der Waals surface area contributed by atoms with Crippen LogP contribution in [0.2, 0.25) is 0 Å². The monoisotopic (exact) mass is 422 g/mol. The van der Waals surface area contributed by atoms with E-state index in [1.807, 2.05) is 62.6 Å². The Morgan fingerprint density at radius 1 is 1.23 bits per heavy atom. The Labute approximate surface area is 179 Å². The Hall–Kier alpha value is -3.13. The third-order valence-corrected chi connectivity index (χ3v) is 5.36. The molecule has 0 aliphatic carbocycles. The van der Waals surface area contributed by atoms with Crippen molar-refractivity contribution in [3.63, 3.8) is 0 Å². The van der Waals surface area contributed by atoms with Crippen molar-refractivity contribution in [2.45, 2.75) is 32.2 Å². The normalized spacial score (nSPS) is 14.9. The highest BCUT2D eigenvalue weighted by atomic mass is 32.2. The lowest BCUT2D eigenvalue weighted by Crippen LogP contribution is -2.36. The number of nitrogens with zero attached hydrogens (tertiary/aromatic N) is 4. The smallest absolute Gasteiger partial charge is 0.247 e. The van der Waals surface area contributed by atoms with E-state index >= 15 is 0 Å². The first-order chi connectivity index (χ1) is 14.5. The Bertz CT molecular complexity index is 1110. The van der Waals surface area contributed by atoms with E-state index in [0.717, 1.165) is 22.4 Å². The van der Waals surface area contributed by atoms with E-state index in [9.17, 15) is 4.79 Å². The number of fused-ring (bicyclic) bond motifs is 3. The number of hydrogen-bond acceptors (Lipinski definition) is 7. The second-order valence-corrected chi connectivity index (χ2v) is 7.56. The van der Waals surface area contributed by atoms with E-state index in [0.29, 0.717) is 29.0 Å². The van der Waals surface area contributed by atoms with Crippen LogP contribution in [0.4, 0.5) is 5.69 Å². The topological polar surface area (TPSA) is 77.4 Å². The second-order valence-electron chi connectivity index (χ2n) is 6.79. The third kappa shape index (κ3) is 3.59. The summed E-state index contributed by atoms with van der Waals surface area (Å²) in [7, 11) is 0. The van der Waals surface area contributed by atoms with Crippen LogP contribution in [0.3, 0.4) is 0 Å². The zero-order chi connectivity index (χ0) is 21.3. The number of carbonyl (C=O) groups excluding carboxylic acids is 1. The van der Waals surface area contributed by atoms with Crippen LogP contribution in [0.25, 0.3) is 11.3 Å². The zero-order valence-corrected chi connectivity index (χ0v) is 18.1. The average Bonchev–Trinajstić information content (AvgIpc) is 2.89. The Kier molecular flexibility index (Phi) is 5.59. The van der Waals surface area contributed by atoms with E-state index in [4.69, 9.17) is 9.47 Å². The van der Waals surface area contributed by atoms with Crippen LogP contribution in [0, 0.1) is 6.92 Å². The van der Waals surface area contributed by atoms with Crippen molar-refractivity contribution in [2.24, 2.45) is 0 Å². The maximum absolute atomic E-state index is 12.8. The largest absolute Gasteiger partial charge is 0.494 e. The number of aryl methyl sites for hydroxylation is 1. The lowest BCUT2D eigenvalue weighted by Gasteiger charge is -2.30. The number of carbonyl (C=O) groups is 1. The summed E-state index contributed by atoms with van der Waals surface area (Å²) in [5.41, 5.74) is 3.75. The maximum Gasteiger partial charge on any atom is 0.247 e. The SMILES string of the molecule is CCOc1ccc([C@H]2Oc3nc(SC)nnc3-c3ccccc3N2C(C)=O)cc1C. The van der Waals surface area contributed by atoms with Crippen molar-refractivity contribution in [2.75, 3.05) is 17.8 Å². The molecular formula is C22H22N4O3S. The van der Waals surface area contributed by atoms with Gasteiger partial charge in [-0.25, -0.2) is 0 Å². The van der Waals surface area contributed by atoms with Gasteiger partial charge >= 0.3 is 0 Å². The lowest BCUT2D eigenvalue weighted by molar-refractivity contribution is -0.118. The van der Waals surface area contributed by atoms with E-state index in [-0.39, 0.29) is 5.91 Å². The molecule has 7 nitrogen and oxygen atoms in total. The highest BCUT2D eigenvalue weighted by Gasteiger charge is 2.34. The van der Waals surface area contributed by atoms with Gasteiger partial charge < -0.3 is 9.47 Å².